The summed E-state index contributed by atoms with van der Waals surface area (Å²) < 4.78 is 12.7. The van der Waals surface area contributed by atoms with Crippen LogP contribution in [0.5, 0.6) is 0 Å². The molecule has 0 aliphatic carbocycles. The highest BCUT2D eigenvalue weighted by Gasteiger charge is 2.18. The van der Waals surface area contributed by atoms with E-state index < -0.39 is 0 Å². The molecule has 5 nitrogen and oxygen atoms in total. The Balaban J connectivity index is 1.13. The number of hydrogen-bond acceptors (Lipinski definition) is 5. The van der Waals surface area contributed by atoms with E-state index in [2.05, 4.69) is 120 Å². The smallest absolute Gasteiger partial charge is 0.160 e. The summed E-state index contributed by atoms with van der Waals surface area (Å²) in [6.07, 6.45) is 3.65. The van der Waals surface area contributed by atoms with Crippen molar-refractivity contribution >= 4 is 43.9 Å². The summed E-state index contributed by atoms with van der Waals surface area (Å²) in [7, 11) is 0. The van der Waals surface area contributed by atoms with Crippen LogP contribution in [0.4, 0.5) is 0 Å². The van der Waals surface area contributed by atoms with Crippen molar-refractivity contribution in [1.82, 2.24) is 15.0 Å². The molecule has 5 heteroatoms. The molecule has 4 aromatic heterocycles. The molecule has 0 atom stereocenters. The first kappa shape index (κ1) is 31.9. The largest absolute Gasteiger partial charge is 0.456 e. The zero-order chi connectivity index (χ0) is 37.0. The average molecular weight is 718 g/mol. The fraction of sp³-hybridized carbons (Fsp3) is 0. The monoisotopic (exact) mass is 717 g/mol. The maximum Gasteiger partial charge on any atom is 0.160 e. The molecule has 262 valence electrons. The lowest BCUT2D eigenvalue weighted by Crippen LogP contribution is -1.97. The second kappa shape index (κ2) is 13.0. The number of hydrogen-bond donors (Lipinski definition) is 0. The minimum Gasteiger partial charge on any atom is -0.456 e. The van der Waals surface area contributed by atoms with E-state index in [0.29, 0.717) is 5.82 Å². The van der Waals surface area contributed by atoms with Gasteiger partial charge in [0.1, 0.15) is 22.3 Å². The fourth-order valence-electron chi connectivity index (χ4n) is 7.81. The van der Waals surface area contributed by atoms with E-state index in [9.17, 15) is 0 Å². The Hall–Kier alpha value is -7.63. The molecule has 0 unspecified atom stereocenters. The van der Waals surface area contributed by atoms with E-state index in [1.807, 2.05) is 73.1 Å². The Morgan fingerprint density at radius 2 is 0.893 bits per heavy atom. The van der Waals surface area contributed by atoms with Crippen LogP contribution < -0.4 is 0 Å². The van der Waals surface area contributed by atoms with Gasteiger partial charge in [-0.2, -0.15) is 0 Å². The maximum absolute atomic E-state index is 6.51. The van der Waals surface area contributed by atoms with E-state index in [-0.39, 0.29) is 0 Å². The minimum absolute atomic E-state index is 0.645. The molecule has 0 spiro atoms. The van der Waals surface area contributed by atoms with Gasteiger partial charge in [0.05, 0.1) is 11.4 Å². The van der Waals surface area contributed by atoms with Crippen LogP contribution in [0, 0.1) is 0 Å². The van der Waals surface area contributed by atoms with Gasteiger partial charge in [0.25, 0.3) is 0 Å². The SMILES string of the molecule is c1ccc(-c2nc(-c3cc(-c4ccc(-c5ccncc5)cc4)cc(-c4ccc5oc6ccccc6c5c4)c3)cc(-c3cccc4c3oc3ccccc34)n2)cc1. The summed E-state index contributed by atoms with van der Waals surface area (Å²) in [5.74, 6) is 0.645. The van der Waals surface area contributed by atoms with Crippen LogP contribution in [0.15, 0.2) is 197 Å². The van der Waals surface area contributed by atoms with Crippen LogP contribution in [0.25, 0.3) is 111 Å². The normalized spacial score (nSPS) is 11.6. The van der Waals surface area contributed by atoms with E-state index in [4.69, 9.17) is 18.8 Å². The molecule has 0 saturated heterocycles. The highest BCUT2D eigenvalue weighted by molar-refractivity contribution is 6.09. The first-order valence-corrected chi connectivity index (χ1v) is 18.6. The Morgan fingerprint density at radius 1 is 0.321 bits per heavy atom. The number of nitrogens with zero attached hydrogens (tertiary/aromatic N) is 3. The summed E-state index contributed by atoms with van der Waals surface area (Å²) in [5, 5.41) is 4.32. The van der Waals surface area contributed by atoms with Gasteiger partial charge in [0.2, 0.25) is 0 Å². The molecule has 0 N–H and O–H groups in total. The lowest BCUT2D eigenvalue weighted by molar-refractivity contribution is 0.669. The number of pyridine rings is 1. The molecule has 0 saturated carbocycles. The first-order chi connectivity index (χ1) is 27.7. The molecular formula is C51H31N3O2. The van der Waals surface area contributed by atoms with Crippen molar-refractivity contribution in [2.75, 3.05) is 0 Å². The van der Waals surface area contributed by atoms with Crippen LogP contribution in [0.2, 0.25) is 0 Å². The molecule has 0 aliphatic heterocycles. The van der Waals surface area contributed by atoms with Gasteiger partial charge in [-0.05, 0) is 100 Å². The molecule has 0 amide bonds. The van der Waals surface area contributed by atoms with E-state index in [1.54, 1.807) is 0 Å². The van der Waals surface area contributed by atoms with Crippen molar-refractivity contribution < 1.29 is 8.83 Å². The topological polar surface area (TPSA) is 65.0 Å². The van der Waals surface area contributed by atoms with Crippen LogP contribution in [0.3, 0.4) is 0 Å². The van der Waals surface area contributed by atoms with Crippen molar-refractivity contribution in [3.63, 3.8) is 0 Å². The van der Waals surface area contributed by atoms with Gasteiger partial charge in [-0.25, -0.2) is 9.97 Å². The minimum atomic E-state index is 0.645. The summed E-state index contributed by atoms with van der Waals surface area (Å²) >= 11 is 0. The summed E-state index contributed by atoms with van der Waals surface area (Å²) in [4.78, 5) is 14.7. The summed E-state index contributed by atoms with van der Waals surface area (Å²) in [6.45, 7) is 0. The molecular weight excluding hydrogens is 687 g/mol. The van der Waals surface area contributed by atoms with Crippen molar-refractivity contribution in [1.29, 1.82) is 0 Å². The van der Waals surface area contributed by atoms with E-state index >= 15 is 0 Å². The van der Waals surface area contributed by atoms with E-state index in [0.717, 1.165) is 105 Å². The molecule has 56 heavy (non-hydrogen) atoms. The van der Waals surface area contributed by atoms with Crippen LogP contribution in [-0.2, 0) is 0 Å². The lowest BCUT2D eigenvalue weighted by atomic mass is 9.93. The molecule has 0 fully saturated rings. The number of rotatable bonds is 6. The maximum atomic E-state index is 6.51. The number of aromatic nitrogens is 3. The number of para-hydroxylation sites is 3. The van der Waals surface area contributed by atoms with Crippen molar-refractivity contribution in [3.8, 4) is 67.3 Å². The molecule has 7 aromatic carbocycles. The molecule has 11 aromatic rings. The van der Waals surface area contributed by atoms with Crippen LogP contribution >= 0.6 is 0 Å². The highest BCUT2D eigenvalue weighted by Crippen LogP contribution is 2.40. The Morgan fingerprint density at radius 3 is 1.68 bits per heavy atom. The highest BCUT2D eigenvalue weighted by atomic mass is 16.3. The lowest BCUT2D eigenvalue weighted by Gasteiger charge is -2.14. The van der Waals surface area contributed by atoms with Gasteiger partial charge in [-0.3, -0.25) is 4.98 Å². The predicted octanol–water partition coefficient (Wildman–Crippen LogP) is 13.7. The summed E-state index contributed by atoms with van der Waals surface area (Å²) in [5.41, 5.74) is 14.4. The van der Waals surface area contributed by atoms with Gasteiger partial charge in [-0.15, -0.1) is 0 Å². The fourth-order valence-corrected chi connectivity index (χ4v) is 7.81. The molecule has 0 radical (unpaired) electrons. The first-order valence-electron chi connectivity index (χ1n) is 18.6. The Bertz CT molecular complexity index is 3240. The van der Waals surface area contributed by atoms with Crippen LogP contribution in [0.1, 0.15) is 0 Å². The molecule has 0 aliphatic rings. The quantitative estimate of drug-likeness (QED) is 0.171. The second-order valence-electron chi connectivity index (χ2n) is 14.0. The third kappa shape index (κ3) is 5.53. The third-order valence-electron chi connectivity index (χ3n) is 10.6. The van der Waals surface area contributed by atoms with Gasteiger partial charge in [-0.1, -0.05) is 109 Å². The second-order valence-corrected chi connectivity index (χ2v) is 14.0. The van der Waals surface area contributed by atoms with Crippen LogP contribution in [-0.4, -0.2) is 15.0 Å². The summed E-state index contributed by atoms with van der Waals surface area (Å²) in [6, 6.07) is 60.9. The zero-order valence-corrected chi connectivity index (χ0v) is 30.1. The average Bonchev–Trinajstić information content (AvgIpc) is 3.85. The van der Waals surface area contributed by atoms with Crippen molar-refractivity contribution in [2.45, 2.75) is 0 Å². The Kier molecular flexibility index (Phi) is 7.42. The van der Waals surface area contributed by atoms with Gasteiger partial charge in [0.15, 0.2) is 5.82 Å². The van der Waals surface area contributed by atoms with E-state index in [1.165, 1.54) is 0 Å². The zero-order valence-electron chi connectivity index (χ0n) is 30.1. The Labute approximate surface area is 322 Å². The number of benzene rings is 7. The molecule has 4 heterocycles. The number of furan rings is 2. The van der Waals surface area contributed by atoms with Gasteiger partial charge in [0, 0.05) is 50.6 Å². The third-order valence-corrected chi connectivity index (χ3v) is 10.6. The molecule has 0 bridgehead atoms. The van der Waals surface area contributed by atoms with Gasteiger partial charge < -0.3 is 8.83 Å². The molecule has 11 rings (SSSR count). The van der Waals surface area contributed by atoms with Crippen molar-refractivity contribution in [3.05, 3.63) is 188 Å². The van der Waals surface area contributed by atoms with Crippen molar-refractivity contribution in [2.24, 2.45) is 0 Å². The number of fused-ring (bicyclic) bond motifs is 6. The van der Waals surface area contributed by atoms with Gasteiger partial charge >= 0.3 is 0 Å². The predicted molar refractivity (Wildman–Crippen MR) is 227 cm³/mol. The standard InChI is InChI=1S/C51H31N3O2/c1-2-9-35(10-3-1)51-53-45(31-46(54-51)43-14-8-13-42-40-11-4-7-16-48(40)56-50(42)43)39-28-37(33-19-17-32(18-20-33)34-23-25-52-26-24-34)27-38(29-39)36-21-22-49-44(30-36)41-12-5-6-15-47(41)55-49/h1-31H.